The average Bonchev–Trinajstić information content (AvgIpc) is 2.98. The lowest BCUT2D eigenvalue weighted by molar-refractivity contribution is 0.614. The van der Waals surface area contributed by atoms with Crippen LogP contribution in [0.15, 0.2) is 34.2 Å². The highest BCUT2D eigenvalue weighted by Crippen LogP contribution is 2.18. The molecule has 1 aliphatic rings. The van der Waals surface area contributed by atoms with Crippen LogP contribution < -0.4 is 10.6 Å². The monoisotopic (exact) mass is 419 g/mol. The quantitative estimate of drug-likeness (QED) is 0.328. The summed E-state index contributed by atoms with van der Waals surface area (Å²) in [6.07, 6.45) is 7.32. The van der Waals surface area contributed by atoms with Crippen molar-refractivity contribution in [2.75, 3.05) is 12.8 Å². The van der Waals surface area contributed by atoms with Crippen LogP contribution in [0.2, 0.25) is 0 Å². The Morgan fingerprint density at radius 2 is 1.90 bits per heavy atom. The molecule has 2 rings (SSSR count). The first-order chi connectivity index (χ1) is 9.81. The van der Waals surface area contributed by atoms with E-state index in [1.54, 1.807) is 11.8 Å². The van der Waals surface area contributed by atoms with Crippen molar-refractivity contribution >= 4 is 41.7 Å². The van der Waals surface area contributed by atoms with E-state index >= 15 is 0 Å². The maximum Gasteiger partial charge on any atom is 0.191 e. The molecular weight excluding hydrogens is 393 g/mol. The molecule has 0 heterocycles. The summed E-state index contributed by atoms with van der Waals surface area (Å²) in [6.45, 7) is 3.75. The van der Waals surface area contributed by atoms with E-state index in [-0.39, 0.29) is 24.0 Å². The molecule has 1 aromatic carbocycles. The molecule has 1 aromatic rings. The summed E-state index contributed by atoms with van der Waals surface area (Å²) in [4.78, 5) is 5.99. The van der Waals surface area contributed by atoms with E-state index in [0.717, 1.165) is 19.0 Å². The van der Waals surface area contributed by atoms with Crippen LogP contribution in [0.1, 0.15) is 38.2 Å². The van der Waals surface area contributed by atoms with E-state index < -0.39 is 0 Å². The lowest BCUT2D eigenvalue weighted by Crippen LogP contribution is -2.42. The van der Waals surface area contributed by atoms with Crippen molar-refractivity contribution in [1.29, 1.82) is 0 Å². The molecule has 21 heavy (non-hydrogen) atoms. The van der Waals surface area contributed by atoms with Gasteiger partial charge in [0, 0.05) is 17.5 Å². The molecular formula is C16H26IN3S. The van der Waals surface area contributed by atoms with Crippen molar-refractivity contribution in [1.82, 2.24) is 10.6 Å². The second kappa shape index (κ2) is 10.3. The van der Waals surface area contributed by atoms with E-state index in [0.29, 0.717) is 6.04 Å². The Hall–Kier alpha value is -0.430. The number of guanidine groups is 1. The minimum atomic E-state index is 0. The Kier molecular flexibility index (Phi) is 9.15. The van der Waals surface area contributed by atoms with Gasteiger partial charge in [0.25, 0.3) is 0 Å². The minimum absolute atomic E-state index is 0. The van der Waals surface area contributed by atoms with Gasteiger partial charge in [0.1, 0.15) is 0 Å². The number of nitrogens with zero attached hydrogens (tertiary/aromatic N) is 1. The topological polar surface area (TPSA) is 36.4 Å². The highest BCUT2D eigenvalue weighted by molar-refractivity contribution is 14.0. The van der Waals surface area contributed by atoms with Gasteiger partial charge in [0.15, 0.2) is 5.96 Å². The van der Waals surface area contributed by atoms with Crippen molar-refractivity contribution < 1.29 is 0 Å². The fraction of sp³-hybridized carbons (Fsp3) is 0.562. The van der Waals surface area contributed by atoms with Crippen molar-refractivity contribution in [2.24, 2.45) is 4.99 Å². The zero-order valence-corrected chi connectivity index (χ0v) is 16.0. The fourth-order valence-corrected chi connectivity index (χ4v) is 2.89. The first-order valence-corrected chi connectivity index (χ1v) is 8.72. The molecule has 0 aliphatic heterocycles. The largest absolute Gasteiger partial charge is 0.357 e. The molecule has 0 aromatic heterocycles. The van der Waals surface area contributed by atoms with Gasteiger partial charge in [-0.1, -0.05) is 25.0 Å². The number of hydrogen-bond acceptors (Lipinski definition) is 2. The Labute approximate surface area is 149 Å². The van der Waals surface area contributed by atoms with Crippen LogP contribution in [0.25, 0.3) is 0 Å². The molecule has 0 spiro atoms. The molecule has 0 saturated heterocycles. The highest BCUT2D eigenvalue weighted by atomic mass is 127. The molecule has 0 bridgehead atoms. The summed E-state index contributed by atoms with van der Waals surface area (Å²) < 4.78 is 0. The van der Waals surface area contributed by atoms with Gasteiger partial charge in [-0.3, -0.25) is 0 Å². The van der Waals surface area contributed by atoms with Crippen LogP contribution in [0.4, 0.5) is 0 Å². The zero-order chi connectivity index (χ0) is 14.2. The number of aliphatic imine (C=N–C) groups is 1. The minimum Gasteiger partial charge on any atom is -0.357 e. The molecule has 1 aliphatic carbocycles. The summed E-state index contributed by atoms with van der Waals surface area (Å²) in [5.74, 6) is 0.952. The number of nitrogens with one attached hydrogen (secondary N) is 2. The van der Waals surface area contributed by atoms with Gasteiger partial charge in [-0.2, -0.15) is 0 Å². The standard InChI is InChI=1S/C16H25N3S.HI/c1-3-17-16(19-14-6-4-5-7-14)18-12-13-8-10-15(20-2)11-9-13;/h8-11,14H,3-7,12H2,1-2H3,(H2,17,18,19);1H. The predicted octanol–water partition coefficient (Wildman–Crippen LogP) is 4.02. The number of halogens is 1. The van der Waals surface area contributed by atoms with Crippen LogP contribution in [0.5, 0.6) is 0 Å². The molecule has 3 nitrogen and oxygen atoms in total. The predicted molar refractivity (Wildman–Crippen MR) is 104 cm³/mol. The second-order valence-corrected chi connectivity index (χ2v) is 6.05. The van der Waals surface area contributed by atoms with Gasteiger partial charge in [0.2, 0.25) is 0 Å². The summed E-state index contributed by atoms with van der Waals surface area (Å²) in [7, 11) is 0. The zero-order valence-electron chi connectivity index (χ0n) is 12.9. The third kappa shape index (κ3) is 6.46. The van der Waals surface area contributed by atoms with Crippen molar-refractivity contribution in [3.63, 3.8) is 0 Å². The summed E-state index contributed by atoms with van der Waals surface area (Å²) in [6, 6.07) is 9.24. The number of rotatable bonds is 5. The van der Waals surface area contributed by atoms with E-state index in [2.05, 4.69) is 48.1 Å². The number of benzene rings is 1. The maximum absolute atomic E-state index is 4.69. The average molecular weight is 419 g/mol. The molecule has 0 atom stereocenters. The molecule has 0 radical (unpaired) electrons. The fourth-order valence-electron chi connectivity index (χ4n) is 2.48. The summed E-state index contributed by atoms with van der Waals surface area (Å²) >= 11 is 1.77. The normalized spacial score (nSPS) is 15.6. The number of hydrogen-bond donors (Lipinski definition) is 2. The Balaban J connectivity index is 0.00000220. The SMILES string of the molecule is CCNC(=NCc1ccc(SC)cc1)NC1CCCC1.I. The number of thioether (sulfide) groups is 1. The lowest BCUT2D eigenvalue weighted by atomic mass is 10.2. The third-order valence-corrected chi connectivity index (χ3v) is 4.36. The van der Waals surface area contributed by atoms with Gasteiger partial charge in [-0.15, -0.1) is 35.7 Å². The maximum atomic E-state index is 4.69. The Morgan fingerprint density at radius 3 is 2.48 bits per heavy atom. The molecule has 0 amide bonds. The van der Waals surface area contributed by atoms with Crippen LogP contribution in [-0.4, -0.2) is 24.8 Å². The van der Waals surface area contributed by atoms with Crippen molar-refractivity contribution in [3.05, 3.63) is 29.8 Å². The summed E-state index contributed by atoms with van der Waals surface area (Å²) in [5, 5.41) is 6.88. The van der Waals surface area contributed by atoms with E-state index in [9.17, 15) is 0 Å². The molecule has 2 N–H and O–H groups in total. The second-order valence-electron chi connectivity index (χ2n) is 5.17. The molecule has 0 unspecified atom stereocenters. The van der Waals surface area contributed by atoms with Gasteiger partial charge >= 0.3 is 0 Å². The van der Waals surface area contributed by atoms with Crippen molar-refractivity contribution in [2.45, 2.75) is 50.1 Å². The van der Waals surface area contributed by atoms with Gasteiger partial charge < -0.3 is 10.6 Å². The van der Waals surface area contributed by atoms with E-state index in [1.807, 2.05) is 0 Å². The molecule has 118 valence electrons. The van der Waals surface area contributed by atoms with Crippen LogP contribution in [0.3, 0.4) is 0 Å². The van der Waals surface area contributed by atoms with Crippen molar-refractivity contribution in [3.8, 4) is 0 Å². The van der Waals surface area contributed by atoms with E-state index in [4.69, 9.17) is 4.99 Å². The summed E-state index contributed by atoms with van der Waals surface area (Å²) in [5.41, 5.74) is 1.26. The van der Waals surface area contributed by atoms with Crippen LogP contribution in [0, 0.1) is 0 Å². The molecule has 1 saturated carbocycles. The highest BCUT2D eigenvalue weighted by Gasteiger charge is 2.15. The Morgan fingerprint density at radius 1 is 1.24 bits per heavy atom. The van der Waals surface area contributed by atoms with E-state index in [1.165, 1.54) is 36.1 Å². The van der Waals surface area contributed by atoms with Gasteiger partial charge in [-0.25, -0.2) is 4.99 Å². The smallest absolute Gasteiger partial charge is 0.191 e. The first kappa shape index (κ1) is 18.6. The van der Waals surface area contributed by atoms with Crippen LogP contribution >= 0.6 is 35.7 Å². The van der Waals surface area contributed by atoms with Crippen LogP contribution in [-0.2, 0) is 6.54 Å². The first-order valence-electron chi connectivity index (χ1n) is 7.49. The van der Waals surface area contributed by atoms with Gasteiger partial charge in [-0.05, 0) is 43.7 Å². The molecule has 5 heteroatoms. The Bertz CT molecular complexity index is 428. The lowest BCUT2D eigenvalue weighted by Gasteiger charge is -2.16. The molecule has 1 fully saturated rings. The third-order valence-electron chi connectivity index (χ3n) is 3.62. The van der Waals surface area contributed by atoms with Gasteiger partial charge in [0.05, 0.1) is 6.54 Å².